The first-order chi connectivity index (χ1) is 20.5. The third-order valence-electron chi connectivity index (χ3n) is 8.28. The van der Waals surface area contributed by atoms with Crippen molar-refractivity contribution in [3.8, 4) is 22.6 Å². The monoisotopic (exact) mass is 619 g/mol. The zero-order chi connectivity index (χ0) is 30.7. The molecule has 0 N–H and O–H groups in total. The van der Waals surface area contributed by atoms with E-state index in [9.17, 15) is 14.0 Å². The van der Waals surface area contributed by atoms with Crippen molar-refractivity contribution in [2.75, 3.05) is 24.5 Å². The molecule has 1 unspecified atom stereocenters. The Morgan fingerprint density at radius 3 is 2.72 bits per heavy atom. The predicted octanol–water partition coefficient (Wildman–Crippen LogP) is 5.29. The maximum absolute atomic E-state index is 14.9. The Bertz CT molecular complexity index is 1890. The van der Waals surface area contributed by atoms with Crippen LogP contribution in [0.15, 0.2) is 47.9 Å². The molecule has 4 aromatic rings. The number of hydrogen-bond acceptors (Lipinski definition) is 6. The summed E-state index contributed by atoms with van der Waals surface area (Å²) in [6.07, 6.45) is 3.04. The lowest BCUT2D eigenvalue weighted by Gasteiger charge is -2.40. The van der Waals surface area contributed by atoms with Crippen LogP contribution in [0.25, 0.3) is 27.7 Å². The molecule has 1 fully saturated rings. The van der Waals surface area contributed by atoms with Crippen LogP contribution in [-0.2, 0) is 11.4 Å². The lowest BCUT2D eigenvalue weighted by atomic mass is 9.94. The van der Waals surface area contributed by atoms with Crippen molar-refractivity contribution in [1.29, 1.82) is 0 Å². The molecule has 1 saturated heterocycles. The summed E-state index contributed by atoms with van der Waals surface area (Å²) < 4.78 is 22.9. The molecule has 1 amide bonds. The first-order valence-electron chi connectivity index (χ1n) is 14.2. The van der Waals surface area contributed by atoms with E-state index < -0.39 is 5.69 Å². The first-order valence-corrected chi connectivity index (χ1v) is 15.1. The molecule has 0 saturated carbocycles. The normalized spacial score (nSPS) is 16.2. The minimum atomic E-state index is -0.499. The number of nitrogens with zero attached hydrogens (tertiary/aromatic N) is 5. The van der Waals surface area contributed by atoms with Gasteiger partial charge < -0.3 is 14.5 Å². The van der Waals surface area contributed by atoms with Gasteiger partial charge in [0.2, 0.25) is 5.91 Å². The summed E-state index contributed by atoms with van der Waals surface area (Å²) in [6.45, 7) is 13.1. The third-order valence-corrected chi connectivity index (χ3v) is 9.14. The maximum atomic E-state index is 14.9. The molecule has 11 heteroatoms. The van der Waals surface area contributed by atoms with Gasteiger partial charge in [0.1, 0.15) is 23.8 Å². The van der Waals surface area contributed by atoms with Crippen molar-refractivity contribution < 1.29 is 13.9 Å². The predicted molar refractivity (Wildman–Crippen MR) is 172 cm³/mol. The highest BCUT2D eigenvalue weighted by molar-refractivity contribution is 7.28. The number of anilines is 1. The number of aromatic nitrogens is 3. The van der Waals surface area contributed by atoms with Gasteiger partial charge in [-0.05, 0) is 55.2 Å². The lowest BCUT2D eigenvalue weighted by Crippen LogP contribution is -2.54. The molecule has 2 aromatic carbocycles. The molecule has 2 atom stereocenters. The number of fused-ring (bicyclic) bond motifs is 5. The number of carbonyl (C=O) groups excluding carboxylic acids is 1. The number of ether oxygens (including phenoxy) is 1. The van der Waals surface area contributed by atoms with Gasteiger partial charge in [0.25, 0.3) is 0 Å². The summed E-state index contributed by atoms with van der Waals surface area (Å²) in [7, 11) is 2.48. The van der Waals surface area contributed by atoms with Crippen LogP contribution in [0.4, 0.5) is 10.2 Å². The van der Waals surface area contributed by atoms with Gasteiger partial charge in [0.05, 0.1) is 16.4 Å². The van der Waals surface area contributed by atoms with Crippen molar-refractivity contribution in [3.05, 3.63) is 81.3 Å². The van der Waals surface area contributed by atoms with Crippen molar-refractivity contribution in [3.63, 3.8) is 0 Å². The van der Waals surface area contributed by atoms with Crippen molar-refractivity contribution in [1.82, 2.24) is 19.4 Å². The van der Waals surface area contributed by atoms with Crippen LogP contribution in [-0.4, -0.2) is 51.0 Å². The van der Waals surface area contributed by atoms with E-state index in [1.807, 2.05) is 38.7 Å². The number of amides is 1. The van der Waals surface area contributed by atoms with Gasteiger partial charge in [-0.2, -0.15) is 4.98 Å². The van der Waals surface area contributed by atoms with Crippen LogP contribution in [0.3, 0.4) is 0 Å². The average molecular weight is 620 g/mol. The van der Waals surface area contributed by atoms with E-state index in [2.05, 4.69) is 25.8 Å². The first kappa shape index (κ1) is 29.3. The van der Waals surface area contributed by atoms with E-state index in [1.165, 1.54) is 12.1 Å². The fourth-order valence-electron chi connectivity index (χ4n) is 6.20. The molecule has 0 spiro atoms. The Morgan fingerprint density at radius 1 is 1.26 bits per heavy atom. The van der Waals surface area contributed by atoms with Gasteiger partial charge >= 0.3 is 5.69 Å². The molecule has 0 radical (unpaired) electrons. The summed E-state index contributed by atoms with van der Waals surface area (Å²) in [5.41, 5.74) is 4.15. The Hall–Kier alpha value is -3.81. The Balaban J connectivity index is 1.71. The number of pyridine rings is 1. The van der Waals surface area contributed by atoms with Crippen LogP contribution in [0.1, 0.15) is 43.5 Å². The largest absolute Gasteiger partial charge is 0.486 e. The highest BCUT2D eigenvalue weighted by atomic mass is 35.5. The minimum Gasteiger partial charge on any atom is -0.486 e. The van der Waals surface area contributed by atoms with E-state index in [0.29, 0.717) is 69.2 Å². The highest BCUT2D eigenvalue weighted by Crippen LogP contribution is 2.48. The zero-order valence-electron chi connectivity index (χ0n) is 24.4. The molecule has 222 valence electrons. The molecule has 8 nitrogen and oxygen atoms in total. The molecular formula is C32H32ClFN5O3P. The van der Waals surface area contributed by atoms with Gasteiger partial charge in [-0.1, -0.05) is 38.1 Å². The van der Waals surface area contributed by atoms with Gasteiger partial charge in [0.15, 0.2) is 5.75 Å². The Morgan fingerprint density at radius 2 is 2.02 bits per heavy atom. The molecule has 0 bridgehead atoms. The van der Waals surface area contributed by atoms with Crippen molar-refractivity contribution in [2.24, 2.45) is 0 Å². The van der Waals surface area contributed by atoms with Gasteiger partial charge in [0, 0.05) is 53.7 Å². The third kappa shape index (κ3) is 4.70. The molecule has 43 heavy (non-hydrogen) atoms. The quantitative estimate of drug-likeness (QED) is 0.228. The number of rotatable bonds is 4. The zero-order valence-corrected chi connectivity index (χ0v) is 26.4. The standard InChI is InChI=1S/C32H32ClFN5O3P/c1-6-23(40)37-11-12-38(18(5)14-37)31-20-13-21(33)25-24-19(7-8-22(34)30(24)43)15-42-29(25)28(20)39(32(41)36-31)27-17(4)9-10-35-26(27)16(2)3/h6-10,13,16,18H,1,11-12,14-15,43H2,2-5H3/t18-/m0/s1. The van der Waals surface area contributed by atoms with E-state index >= 15 is 0 Å². The number of hydrogen-bond donors (Lipinski definition) is 0. The summed E-state index contributed by atoms with van der Waals surface area (Å²) in [5.74, 6) is 0.316. The number of halogens is 2. The summed E-state index contributed by atoms with van der Waals surface area (Å²) in [4.78, 5) is 39.7. The summed E-state index contributed by atoms with van der Waals surface area (Å²) in [5, 5.41) is 1.34. The molecular weight excluding hydrogens is 588 g/mol. The summed E-state index contributed by atoms with van der Waals surface area (Å²) >= 11 is 7.03. The average Bonchev–Trinajstić information content (AvgIpc) is 2.98. The number of piperazine rings is 1. The molecule has 2 aliphatic heterocycles. The van der Waals surface area contributed by atoms with E-state index in [4.69, 9.17) is 16.3 Å². The summed E-state index contributed by atoms with van der Waals surface area (Å²) in [6, 6.07) is 6.60. The molecule has 2 aromatic heterocycles. The highest BCUT2D eigenvalue weighted by Gasteiger charge is 2.33. The van der Waals surface area contributed by atoms with E-state index in [-0.39, 0.29) is 30.3 Å². The lowest BCUT2D eigenvalue weighted by molar-refractivity contribution is -0.126. The van der Waals surface area contributed by atoms with Crippen LogP contribution < -0.4 is 20.6 Å². The Kier molecular flexibility index (Phi) is 7.51. The van der Waals surface area contributed by atoms with E-state index in [1.54, 1.807) is 27.8 Å². The van der Waals surface area contributed by atoms with Gasteiger partial charge in [-0.3, -0.25) is 14.3 Å². The van der Waals surface area contributed by atoms with E-state index in [0.717, 1.165) is 16.8 Å². The topological polar surface area (TPSA) is 80.6 Å². The Labute approximate surface area is 256 Å². The fourth-order valence-corrected chi connectivity index (χ4v) is 6.91. The van der Waals surface area contributed by atoms with Crippen molar-refractivity contribution in [2.45, 2.75) is 46.3 Å². The van der Waals surface area contributed by atoms with Crippen LogP contribution in [0.5, 0.6) is 5.75 Å². The second-order valence-corrected chi connectivity index (χ2v) is 12.3. The second kappa shape index (κ2) is 11.0. The van der Waals surface area contributed by atoms with Crippen LogP contribution >= 0.6 is 20.8 Å². The van der Waals surface area contributed by atoms with Crippen molar-refractivity contribution >= 4 is 48.8 Å². The molecule has 6 rings (SSSR count). The number of carbonyl (C=O) groups is 1. The molecule has 0 aliphatic carbocycles. The minimum absolute atomic E-state index is 0.00420. The van der Waals surface area contributed by atoms with Gasteiger partial charge in [-0.15, -0.1) is 9.24 Å². The van der Waals surface area contributed by atoms with Crippen LogP contribution in [0.2, 0.25) is 5.02 Å². The second-order valence-electron chi connectivity index (χ2n) is 11.3. The molecule has 2 aliphatic rings. The number of benzene rings is 2. The smallest absolute Gasteiger partial charge is 0.354 e. The fraction of sp³-hybridized carbons (Fsp3) is 0.312. The SMILES string of the molecule is C=CC(=O)N1CCN(c2nc(=O)n(-c3c(C)ccnc3C(C)C)c3c4c(c(Cl)cc23)-c2c(ccc(F)c2P)CO4)[C@@H](C)C1. The number of aryl methyl sites for hydroxylation is 1. The molecule has 4 heterocycles. The maximum Gasteiger partial charge on any atom is 0.354 e. The van der Waals surface area contributed by atoms with Crippen LogP contribution in [0, 0.1) is 12.7 Å². The van der Waals surface area contributed by atoms with Gasteiger partial charge in [-0.25, -0.2) is 9.18 Å².